The van der Waals surface area contributed by atoms with Crippen molar-refractivity contribution in [1.29, 1.82) is 0 Å². The largest absolute Gasteiger partial charge is 0.502 e. The van der Waals surface area contributed by atoms with Crippen LogP contribution in [0, 0.1) is 21.7 Å². The molecule has 0 unspecified atom stereocenters. The van der Waals surface area contributed by atoms with E-state index >= 15 is 0 Å². The highest BCUT2D eigenvalue weighted by Crippen LogP contribution is 2.34. The van der Waals surface area contributed by atoms with E-state index in [4.69, 9.17) is 16.3 Å². The van der Waals surface area contributed by atoms with Crippen LogP contribution in [0.3, 0.4) is 0 Å². The fraction of sp³-hybridized carbons (Fsp3) is 0.0417. The second kappa shape index (κ2) is 10.0. The van der Waals surface area contributed by atoms with E-state index in [0.29, 0.717) is 28.8 Å². The van der Waals surface area contributed by atoms with E-state index < -0.39 is 28.0 Å². The Morgan fingerprint density at radius 1 is 1.21 bits per heavy atom. The summed E-state index contributed by atoms with van der Waals surface area (Å²) in [5, 5.41) is 30.3. The Kier molecular flexibility index (Phi) is 6.61. The lowest BCUT2D eigenvalue weighted by Gasteiger charge is -2.18. The molecular weight excluding hydrogens is 544 g/mol. The SMILES string of the molecule is O=C1COc2ccc(-c3csc(=Nc4ccc(F)cc4F)n3N=Cc3cc(Cl)cc([N+](=O)[O-])c3O)cc2N1. The van der Waals surface area contributed by atoms with Crippen LogP contribution < -0.4 is 14.9 Å². The molecule has 1 aromatic heterocycles. The predicted molar refractivity (Wildman–Crippen MR) is 136 cm³/mol. The molecule has 38 heavy (non-hydrogen) atoms. The number of halogens is 3. The number of fused-ring (bicyclic) bond motifs is 1. The zero-order chi connectivity index (χ0) is 27.0. The van der Waals surface area contributed by atoms with Crippen molar-refractivity contribution in [2.75, 3.05) is 11.9 Å². The van der Waals surface area contributed by atoms with Crippen LogP contribution in [0.2, 0.25) is 5.02 Å². The predicted octanol–water partition coefficient (Wildman–Crippen LogP) is 5.21. The molecule has 2 N–H and O–H groups in total. The quantitative estimate of drug-likeness (QED) is 0.198. The number of hydrogen-bond donors (Lipinski definition) is 2. The van der Waals surface area contributed by atoms with Crippen LogP contribution in [0.15, 0.2) is 64.0 Å². The second-order valence-corrected chi connectivity index (χ2v) is 9.11. The van der Waals surface area contributed by atoms with Crippen molar-refractivity contribution in [2.45, 2.75) is 0 Å². The molecular formula is C24H14ClF2N5O5S. The number of nitrogens with one attached hydrogen (secondary N) is 1. The van der Waals surface area contributed by atoms with E-state index in [0.717, 1.165) is 35.8 Å². The van der Waals surface area contributed by atoms with Crippen molar-refractivity contribution >= 4 is 52.1 Å². The van der Waals surface area contributed by atoms with E-state index in [-0.39, 0.29) is 33.6 Å². The fourth-order valence-electron chi connectivity index (χ4n) is 3.57. The third-order valence-electron chi connectivity index (χ3n) is 5.31. The average Bonchev–Trinajstić information content (AvgIpc) is 3.27. The van der Waals surface area contributed by atoms with E-state index in [9.17, 15) is 28.8 Å². The Balaban J connectivity index is 1.67. The first-order chi connectivity index (χ1) is 18.2. The van der Waals surface area contributed by atoms with E-state index in [1.54, 1.807) is 23.6 Å². The first-order valence-corrected chi connectivity index (χ1v) is 11.9. The van der Waals surface area contributed by atoms with Crippen LogP contribution >= 0.6 is 22.9 Å². The first kappa shape index (κ1) is 25.0. The van der Waals surface area contributed by atoms with Gasteiger partial charge < -0.3 is 15.2 Å². The Morgan fingerprint density at radius 2 is 2.03 bits per heavy atom. The number of nitrogens with zero attached hydrogens (tertiary/aromatic N) is 4. The number of nitro groups is 1. The first-order valence-electron chi connectivity index (χ1n) is 10.7. The van der Waals surface area contributed by atoms with Crippen LogP contribution in [-0.4, -0.2) is 33.4 Å². The van der Waals surface area contributed by atoms with Gasteiger partial charge in [-0.05, 0) is 36.4 Å². The smallest absolute Gasteiger partial charge is 0.312 e. The third kappa shape index (κ3) is 4.96. The summed E-state index contributed by atoms with van der Waals surface area (Å²) in [5.41, 5.74) is 0.594. The van der Waals surface area contributed by atoms with Gasteiger partial charge in [-0.15, -0.1) is 11.3 Å². The van der Waals surface area contributed by atoms with Gasteiger partial charge in [-0.1, -0.05) is 11.6 Å². The monoisotopic (exact) mass is 557 g/mol. The number of aromatic nitrogens is 1. The van der Waals surface area contributed by atoms with Gasteiger partial charge in [-0.25, -0.2) is 18.4 Å². The van der Waals surface area contributed by atoms with Crippen molar-refractivity contribution in [3.05, 3.63) is 91.0 Å². The number of carbonyl (C=O) groups is 1. The normalized spacial score (nSPS) is 13.3. The number of benzene rings is 3. The lowest BCUT2D eigenvalue weighted by Crippen LogP contribution is -2.25. The summed E-state index contributed by atoms with van der Waals surface area (Å²) in [7, 11) is 0. The number of phenols is 1. The van der Waals surface area contributed by atoms with Crippen LogP contribution in [0.5, 0.6) is 11.5 Å². The van der Waals surface area contributed by atoms with E-state index in [1.165, 1.54) is 10.7 Å². The number of aromatic hydroxyl groups is 1. The van der Waals surface area contributed by atoms with E-state index in [1.807, 2.05) is 0 Å². The maximum Gasteiger partial charge on any atom is 0.312 e. The van der Waals surface area contributed by atoms with Gasteiger partial charge in [0.15, 0.2) is 12.4 Å². The van der Waals surface area contributed by atoms with Gasteiger partial charge in [0, 0.05) is 33.7 Å². The number of carbonyl (C=O) groups excluding carboxylic acids is 1. The van der Waals surface area contributed by atoms with Crippen molar-refractivity contribution in [1.82, 2.24) is 4.68 Å². The molecule has 0 radical (unpaired) electrons. The highest BCUT2D eigenvalue weighted by molar-refractivity contribution is 7.07. The minimum absolute atomic E-state index is 0.00443. The summed E-state index contributed by atoms with van der Waals surface area (Å²) in [5.74, 6) is -2.18. The Labute approximate surface area is 220 Å². The fourth-order valence-corrected chi connectivity index (χ4v) is 4.64. The molecule has 0 aliphatic carbocycles. The van der Waals surface area contributed by atoms with Crippen molar-refractivity contribution in [3.63, 3.8) is 0 Å². The summed E-state index contributed by atoms with van der Waals surface area (Å²) < 4.78 is 34.4. The molecule has 1 aliphatic rings. The highest BCUT2D eigenvalue weighted by Gasteiger charge is 2.20. The molecule has 0 atom stereocenters. The molecule has 2 heterocycles. The van der Waals surface area contributed by atoms with Gasteiger partial charge in [0.25, 0.3) is 5.91 Å². The summed E-state index contributed by atoms with van der Waals surface area (Å²) >= 11 is 7.06. The van der Waals surface area contributed by atoms with Gasteiger partial charge in [0.1, 0.15) is 17.3 Å². The molecule has 0 spiro atoms. The van der Waals surface area contributed by atoms with Gasteiger partial charge in [0.05, 0.1) is 22.5 Å². The summed E-state index contributed by atoms with van der Waals surface area (Å²) in [6.45, 7) is -0.114. The molecule has 0 fully saturated rings. The molecule has 192 valence electrons. The summed E-state index contributed by atoms with van der Waals surface area (Å²) in [4.78, 5) is 26.7. The zero-order valence-corrected chi connectivity index (χ0v) is 20.5. The molecule has 1 amide bonds. The number of rotatable bonds is 5. The molecule has 3 aromatic carbocycles. The molecule has 0 saturated heterocycles. The van der Waals surface area contributed by atoms with Gasteiger partial charge in [-0.3, -0.25) is 14.9 Å². The third-order valence-corrected chi connectivity index (χ3v) is 6.35. The summed E-state index contributed by atoms with van der Waals surface area (Å²) in [6, 6.07) is 10.2. The molecule has 5 rings (SSSR count). The number of amides is 1. The van der Waals surface area contributed by atoms with Gasteiger partial charge in [0.2, 0.25) is 10.6 Å². The van der Waals surface area contributed by atoms with Gasteiger partial charge in [-0.2, -0.15) is 5.10 Å². The summed E-state index contributed by atoms with van der Waals surface area (Å²) in [6.07, 6.45) is 1.13. The second-order valence-electron chi connectivity index (χ2n) is 7.84. The number of phenolic OH excluding ortho intramolecular Hbond substituents is 1. The average molecular weight is 558 g/mol. The topological polar surface area (TPSA) is 131 Å². The lowest BCUT2D eigenvalue weighted by atomic mass is 10.1. The number of anilines is 1. The lowest BCUT2D eigenvalue weighted by molar-refractivity contribution is -0.385. The van der Waals surface area contributed by atoms with Crippen LogP contribution in [0.1, 0.15) is 5.56 Å². The highest BCUT2D eigenvalue weighted by atomic mass is 35.5. The number of nitro benzene ring substituents is 1. The molecule has 10 nitrogen and oxygen atoms in total. The zero-order valence-electron chi connectivity index (χ0n) is 18.9. The Morgan fingerprint density at radius 3 is 2.79 bits per heavy atom. The van der Waals surface area contributed by atoms with Crippen molar-refractivity contribution in [3.8, 4) is 22.8 Å². The number of hydrogen-bond acceptors (Lipinski definition) is 8. The van der Waals surface area contributed by atoms with Crippen LogP contribution in [0.4, 0.5) is 25.8 Å². The maximum absolute atomic E-state index is 14.3. The molecule has 0 bridgehead atoms. The van der Waals surface area contributed by atoms with Crippen LogP contribution in [-0.2, 0) is 4.79 Å². The number of ether oxygens (including phenoxy) is 1. The standard InChI is InChI=1S/C24H14ClF2N5O5S/c25-14-5-13(23(34)19(7-14)32(35)36)9-28-31-20(12-1-4-21-18(6-12)29-22(33)10-37-21)11-38-24(31)30-17-3-2-15(26)8-16(17)27/h1-9,11,34H,10H2,(H,29,33). The van der Waals surface area contributed by atoms with E-state index in [2.05, 4.69) is 15.4 Å². The Bertz CT molecular complexity index is 1720. The molecule has 14 heteroatoms. The van der Waals surface area contributed by atoms with Crippen molar-refractivity contribution < 1.29 is 28.3 Å². The minimum atomic E-state index is -0.896. The molecule has 4 aromatic rings. The van der Waals surface area contributed by atoms with Crippen molar-refractivity contribution in [2.24, 2.45) is 10.1 Å². The number of thiazole rings is 1. The maximum atomic E-state index is 14.3. The minimum Gasteiger partial charge on any atom is -0.502 e. The molecule has 0 saturated carbocycles. The molecule has 1 aliphatic heterocycles. The van der Waals surface area contributed by atoms with Crippen LogP contribution in [0.25, 0.3) is 11.3 Å². The Hall–Kier alpha value is -4.62. The van der Waals surface area contributed by atoms with Gasteiger partial charge >= 0.3 is 5.69 Å².